The summed E-state index contributed by atoms with van der Waals surface area (Å²) in [7, 11) is 0. The maximum absolute atomic E-state index is 12.6. The minimum Gasteiger partial charge on any atom is -0.494 e. The average molecular weight is 495 g/mol. The summed E-state index contributed by atoms with van der Waals surface area (Å²) in [5, 5.41) is 9.24. The molecule has 3 rings (SSSR count). The fraction of sp³-hybridized carbons (Fsp3) is 0.516. The van der Waals surface area contributed by atoms with Gasteiger partial charge in [0.2, 0.25) is 0 Å². The van der Waals surface area contributed by atoms with E-state index in [0.717, 1.165) is 37.4 Å². The molecule has 0 spiro atoms. The van der Waals surface area contributed by atoms with Crippen LogP contribution < -0.4 is 9.47 Å². The Hall–Kier alpha value is -2.63. The van der Waals surface area contributed by atoms with E-state index in [4.69, 9.17) is 14.2 Å². The monoisotopic (exact) mass is 494 g/mol. The van der Waals surface area contributed by atoms with Gasteiger partial charge in [-0.1, -0.05) is 44.9 Å². The van der Waals surface area contributed by atoms with Gasteiger partial charge >= 0.3 is 5.97 Å². The summed E-state index contributed by atoms with van der Waals surface area (Å²) in [6.07, 6.45) is 12.2. The molecule has 1 N–H and O–H groups in total. The van der Waals surface area contributed by atoms with Crippen LogP contribution in [-0.2, 0) is 4.74 Å². The van der Waals surface area contributed by atoms with E-state index < -0.39 is 6.29 Å². The van der Waals surface area contributed by atoms with Crippen molar-refractivity contribution in [3.8, 4) is 11.5 Å². The van der Waals surface area contributed by atoms with Crippen molar-refractivity contribution in [1.29, 1.82) is 0 Å². The first-order valence-corrected chi connectivity index (χ1v) is 13.6. The number of carbonyl (C=O) groups excluding carboxylic acids is 1. The highest BCUT2D eigenvalue weighted by Gasteiger charge is 2.22. The van der Waals surface area contributed by atoms with Gasteiger partial charge in [-0.05, 0) is 105 Å². The van der Waals surface area contributed by atoms with E-state index in [9.17, 15) is 9.90 Å². The zero-order valence-electron chi connectivity index (χ0n) is 21.7. The van der Waals surface area contributed by atoms with Crippen LogP contribution in [-0.4, -0.2) is 30.6 Å². The van der Waals surface area contributed by atoms with Crippen LogP contribution in [0.15, 0.2) is 61.2 Å². The summed E-state index contributed by atoms with van der Waals surface area (Å²) in [5.74, 6) is 2.48. The average Bonchev–Trinajstić information content (AvgIpc) is 2.91. The van der Waals surface area contributed by atoms with Gasteiger partial charge in [0.25, 0.3) is 0 Å². The van der Waals surface area contributed by atoms with E-state index >= 15 is 0 Å². The van der Waals surface area contributed by atoms with Crippen molar-refractivity contribution in [2.24, 2.45) is 5.92 Å². The van der Waals surface area contributed by atoms with Gasteiger partial charge in [0, 0.05) is 0 Å². The molecule has 5 nitrogen and oxygen atoms in total. The van der Waals surface area contributed by atoms with Crippen molar-refractivity contribution in [3.63, 3.8) is 0 Å². The topological polar surface area (TPSA) is 65.0 Å². The quantitative estimate of drug-likeness (QED) is 0.0916. The van der Waals surface area contributed by atoms with Crippen molar-refractivity contribution in [3.05, 3.63) is 72.3 Å². The number of ether oxygens (including phenoxy) is 3. The third kappa shape index (κ3) is 9.44. The smallest absolute Gasteiger partial charge is 0.343 e. The zero-order valence-corrected chi connectivity index (χ0v) is 21.7. The standard InChI is InChI=1S/C31H42O5/c1-3-9-24-10-12-25(13-11-24)26-14-20-29(21-15-26)36-31(33)27-16-18-28(19-17-27)34-22-7-5-6-8-23-35-30(32)4-2/h4,14-21,24-25,30,32H,2-3,5-13,22-23H2,1H3. The van der Waals surface area contributed by atoms with Gasteiger partial charge in [-0.3, -0.25) is 0 Å². The molecule has 0 saturated heterocycles. The molecule has 1 fully saturated rings. The fourth-order valence-corrected chi connectivity index (χ4v) is 4.87. The molecule has 1 unspecified atom stereocenters. The number of rotatable bonds is 15. The first kappa shape index (κ1) is 27.9. The molecule has 0 radical (unpaired) electrons. The third-order valence-corrected chi connectivity index (χ3v) is 6.99. The van der Waals surface area contributed by atoms with Crippen LogP contribution in [0.4, 0.5) is 0 Å². The van der Waals surface area contributed by atoms with Crippen molar-refractivity contribution in [2.45, 2.75) is 83.3 Å². The summed E-state index contributed by atoms with van der Waals surface area (Å²) in [4.78, 5) is 12.6. The van der Waals surface area contributed by atoms with E-state index in [1.807, 2.05) is 12.1 Å². The van der Waals surface area contributed by atoms with E-state index in [1.54, 1.807) is 24.3 Å². The first-order valence-electron chi connectivity index (χ1n) is 13.6. The molecule has 36 heavy (non-hydrogen) atoms. The Bertz CT molecular complexity index is 898. The van der Waals surface area contributed by atoms with E-state index in [-0.39, 0.29) is 5.97 Å². The highest BCUT2D eigenvalue weighted by atomic mass is 16.6. The molecule has 0 aliphatic heterocycles. The van der Waals surface area contributed by atoms with Crippen LogP contribution in [0.2, 0.25) is 0 Å². The lowest BCUT2D eigenvalue weighted by Gasteiger charge is -2.28. The van der Waals surface area contributed by atoms with Gasteiger partial charge in [-0.2, -0.15) is 0 Å². The molecule has 2 aromatic rings. The summed E-state index contributed by atoms with van der Waals surface area (Å²) < 4.78 is 16.5. The molecular weight excluding hydrogens is 452 g/mol. The molecule has 1 atom stereocenters. The maximum atomic E-state index is 12.6. The molecule has 0 aromatic heterocycles. The molecule has 1 aliphatic rings. The Labute approximate surface area is 216 Å². The van der Waals surface area contributed by atoms with Crippen LogP contribution >= 0.6 is 0 Å². The number of esters is 1. The molecule has 0 amide bonds. The molecule has 0 bridgehead atoms. The summed E-state index contributed by atoms with van der Waals surface area (Å²) >= 11 is 0. The maximum Gasteiger partial charge on any atom is 0.343 e. The van der Waals surface area contributed by atoms with Gasteiger partial charge in [-0.15, -0.1) is 0 Å². The van der Waals surface area contributed by atoms with E-state index in [0.29, 0.717) is 30.4 Å². The van der Waals surface area contributed by atoms with Crippen molar-refractivity contribution in [2.75, 3.05) is 13.2 Å². The zero-order chi connectivity index (χ0) is 25.6. The summed E-state index contributed by atoms with van der Waals surface area (Å²) in [6.45, 7) is 6.88. The van der Waals surface area contributed by atoms with Crippen molar-refractivity contribution in [1.82, 2.24) is 0 Å². The van der Waals surface area contributed by atoms with E-state index in [2.05, 4.69) is 25.6 Å². The van der Waals surface area contributed by atoms with Crippen molar-refractivity contribution >= 4 is 5.97 Å². The van der Waals surface area contributed by atoms with Gasteiger partial charge in [-0.25, -0.2) is 4.79 Å². The van der Waals surface area contributed by atoms with Gasteiger partial charge < -0.3 is 19.3 Å². The Kier molecular flexibility index (Phi) is 12.0. The molecular formula is C31H42O5. The van der Waals surface area contributed by atoms with Crippen LogP contribution in [0.5, 0.6) is 11.5 Å². The number of unbranched alkanes of at least 4 members (excludes halogenated alkanes) is 3. The second-order valence-corrected chi connectivity index (χ2v) is 9.75. The molecule has 5 heteroatoms. The highest BCUT2D eigenvalue weighted by molar-refractivity contribution is 5.91. The Morgan fingerprint density at radius 2 is 1.58 bits per heavy atom. The Balaban J connectivity index is 1.34. The van der Waals surface area contributed by atoms with E-state index in [1.165, 1.54) is 50.2 Å². The molecule has 196 valence electrons. The van der Waals surface area contributed by atoms with Gasteiger partial charge in [0.05, 0.1) is 18.8 Å². The van der Waals surface area contributed by atoms with Crippen molar-refractivity contribution < 1.29 is 24.1 Å². The number of hydrogen-bond acceptors (Lipinski definition) is 5. The predicted molar refractivity (Wildman–Crippen MR) is 144 cm³/mol. The van der Waals surface area contributed by atoms with Gasteiger partial charge in [0.1, 0.15) is 11.5 Å². The minimum atomic E-state index is -0.876. The lowest BCUT2D eigenvalue weighted by molar-refractivity contribution is -0.0649. The molecule has 1 aliphatic carbocycles. The first-order chi connectivity index (χ1) is 17.6. The Morgan fingerprint density at radius 1 is 0.944 bits per heavy atom. The summed E-state index contributed by atoms with van der Waals surface area (Å²) in [5.41, 5.74) is 1.86. The van der Waals surface area contributed by atoms with Gasteiger partial charge in [0.15, 0.2) is 6.29 Å². The number of benzene rings is 2. The lowest BCUT2D eigenvalue weighted by atomic mass is 9.77. The number of aliphatic hydroxyl groups is 1. The lowest BCUT2D eigenvalue weighted by Crippen LogP contribution is -2.13. The normalized spacial score (nSPS) is 18.4. The Morgan fingerprint density at radius 3 is 2.22 bits per heavy atom. The van der Waals surface area contributed by atoms with Crippen LogP contribution in [0.3, 0.4) is 0 Å². The molecule has 1 saturated carbocycles. The van der Waals surface area contributed by atoms with Crippen LogP contribution in [0, 0.1) is 5.92 Å². The number of aliphatic hydroxyl groups excluding tert-OH is 1. The highest BCUT2D eigenvalue weighted by Crippen LogP contribution is 2.37. The second kappa shape index (κ2) is 15.5. The predicted octanol–water partition coefficient (Wildman–Crippen LogP) is 7.44. The largest absolute Gasteiger partial charge is 0.494 e. The van der Waals surface area contributed by atoms with Crippen LogP contribution in [0.25, 0.3) is 0 Å². The minimum absolute atomic E-state index is 0.363. The SMILES string of the molecule is C=CC(O)OCCCCCCOc1ccc(C(=O)Oc2ccc(C3CCC(CCC)CC3)cc2)cc1. The fourth-order valence-electron chi connectivity index (χ4n) is 4.87. The van der Waals surface area contributed by atoms with Crippen LogP contribution in [0.1, 0.15) is 93.0 Å². The summed E-state index contributed by atoms with van der Waals surface area (Å²) in [6, 6.07) is 15.1. The number of carbonyl (C=O) groups is 1. The third-order valence-electron chi connectivity index (χ3n) is 6.99. The second-order valence-electron chi connectivity index (χ2n) is 9.75. The number of hydrogen-bond donors (Lipinski definition) is 1. The molecule has 2 aromatic carbocycles. The molecule has 0 heterocycles.